The Morgan fingerprint density at radius 1 is 1.00 bits per heavy atom. The third-order valence-electron chi connectivity index (χ3n) is 5.59. The summed E-state index contributed by atoms with van der Waals surface area (Å²) in [5.74, 6) is 0.270. The molecule has 1 aliphatic heterocycles. The molecule has 0 saturated heterocycles. The zero-order chi connectivity index (χ0) is 20.8. The van der Waals surface area contributed by atoms with Gasteiger partial charge in [0.25, 0.3) is 0 Å². The van der Waals surface area contributed by atoms with Gasteiger partial charge in [0.2, 0.25) is 0 Å². The fourth-order valence-corrected chi connectivity index (χ4v) is 4.03. The van der Waals surface area contributed by atoms with E-state index in [9.17, 15) is 4.39 Å². The molecule has 31 heavy (non-hydrogen) atoms. The number of H-pyrrole nitrogens is 2. The van der Waals surface area contributed by atoms with Crippen molar-refractivity contribution in [2.24, 2.45) is 0 Å². The maximum atomic E-state index is 14.4. The summed E-state index contributed by atoms with van der Waals surface area (Å²) in [7, 11) is 0. The number of fused-ring (bicyclic) bond motifs is 2. The van der Waals surface area contributed by atoms with E-state index in [4.69, 9.17) is 4.98 Å². The van der Waals surface area contributed by atoms with Crippen molar-refractivity contribution in [2.75, 3.05) is 13.1 Å². The van der Waals surface area contributed by atoms with Crippen LogP contribution in [0.5, 0.6) is 0 Å². The number of nitrogens with zero attached hydrogens (tertiary/aromatic N) is 4. The summed E-state index contributed by atoms with van der Waals surface area (Å²) in [6.45, 7) is 1.79. The number of pyridine rings is 2. The number of benzene rings is 1. The van der Waals surface area contributed by atoms with Crippen LogP contribution in [-0.4, -0.2) is 43.2 Å². The van der Waals surface area contributed by atoms with E-state index < -0.39 is 0 Å². The first kappa shape index (κ1) is 17.9. The molecule has 0 amide bonds. The molecule has 6 rings (SSSR count). The first-order valence-corrected chi connectivity index (χ1v) is 10.1. The molecule has 0 aliphatic carbocycles. The summed E-state index contributed by atoms with van der Waals surface area (Å²) in [6, 6.07) is 10.5. The maximum absolute atomic E-state index is 14.4. The molecule has 0 radical (unpaired) electrons. The molecule has 0 saturated carbocycles. The highest BCUT2D eigenvalue weighted by atomic mass is 19.1. The van der Waals surface area contributed by atoms with E-state index in [0.29, 0.717) is 28.3 Å². The van der Waals surface area contributed by atoms with Gasteiger partial charge in [-0.3, -0.25) is 15.1 Å². The number of imidazole rings is 1. The minimum Gasteiger partial charge on any atom is -0.336 e. The lowest BCUT2D eigenvalue weighted by Gasteiger charge is -2.13. The van der Waals surface area contributed by atoms with E-state index >= 15 is 0 Å². The molecule has 152 valence electrons. The summed E-state index contributed by atoms with van der Waals surface area (Å²) < 4.78 is 14.4. The molecule has 0 unspecified atom stereocenters. The molecular weight excluding hydrogens is 393 g/mol. The Morgan fingerprint density at radius 2 is 1.94 bits per heavy atom. The number of hydrogen-bond acceptors (Lipinski definition) is 5. The zero-order valence-corrected chi connectivity index (χ0v) is 16.5. The van der Waals surface area contributed by atoms with Crippen LogP contribution in [0.15, 0.2) is 54.9 Å². The number of rotatable bonds is 3. The minimum absolute atomic E-state index is 0.330. The fourth-order valence-electron chi connectivity index (χ4n) is 4.03. The highest BCUT2D eigenvalue weighted by molar-refractivity contribution is 5.96. The third kappa shape index (κ3) is 3.00. The average molecular weight is 411 g/mol. The van der Waals surface area contributed by atoms with Crippen LogP contribution in [0.1, 0.15) is 12.1 Å². The van der Waals surface area contributed by atoms with Crippen LogP contribution in [0.4, 0.5) is 4.39 Å². The van der Waals surface area contributed by atoms with Crippen LogP contribution in [0.2, 0.25) is 0 Å². The Labute approximate surface area is 176 Å². The van der Waals surface area contributed by atoms with Crippen LogP contribution in [-0.2, 0) is 0 Å². The molecule has 0 atom stereocenters. The topological polar surface area (TPSA) is 95.2 Å². The quantitative estimate of drug-likeness (QED) is 0.416. The van der Waals surface area contributed by atoms with Crippen molar-refractivity contribution >= 4 is 27.5 Å². The van der Waals surface area contributed by atoms with Gasteiger partial charge in [-0.25, -0.2) is 9.37 Å². The van der Waals surface area contributed by atoms with Gasteiger partial charge in [0.05, 0.1) is 22.9 Å². The van der Waals surface area contributed by atoms with Crippen molar-refractivity contribution in [1.82, 2.24) is 35.5 Å². The van der Waals surface area contributed by atoms with Crippen molar-refractivity contribution in [3.8, 4) is 22.8 Å². The van der Waals surface area contributed by atoms with E-state index in [0.717, 1.165) is 41.6 Å². The third-order valence-corrected chi connectivity index (χ3v) is 5.59. The number of aromatic amines is 2. The van der Waals surface area contributed by atoms with Crippen LogP contribution in [0.25, 0.3) is 50.3 Å². The second kappa shape index (κ2) is 7.10. The zero-order valence-electron chi connectivity index (χ0n) is 16.5. The lowest BCUT2D eigenvalue weighted by Crippen LogP contribution is -2.20. The van der Waals surface area contributed by atoms with Crippen molar-refractivity contribution in [3.05, 3.63) is 66.4 Å². The van der Waals surface area contributed by atoms with Crippen molar-refractivity contribution < 1.29 is 4.39 Å². The van der Waals surface area contributed by atoms with E-state index in [1.165, 1.54) is 11.6 Å². The smallest absolute Gasteiger partial charge is 0.159 e. The maximum Gasteiger partial charge on any atom is 0.159 e. The van der Waals surface area contributed by atoms with E-state index in [-0.39, 0.29) is 5.82 Å². The van der Waals surface area contributed by atoms with Gasteiger partial charge in [-0.2, -0.15) is 5.10 Å². The molecule has 8 heteroatoms. The van der Waals surface area contributed by atoms with E-state index in [2.05, 4.69) is 42.6 Å². The fraction of sp³-hybridized carbons (Fsp3) is 0.130. The molecule has 1 aliphatic rings. The summed E-state index contributed by atoms with van der Waals surface area (Å²) in [5, 5.41) is 11.8. The molecule has 7 nitrogen and oxygen atoms in total. The molecule has 0 spiro atoms. The first-order chi connectivity index (χ1) is 15.3. The summed E-state index contributed by atoms with van der Waals surface area (Å²) in [4.78, 5) is 17.1. The van der Waals surface area contributed by atoms with Gasteiger partial charge in [-0.05, 0) is 42.8 Å². The van der Waals surface area contributed by atoms with Crippen LogP contribution in [0.3, 0.4) is 0 Å². The Kier molecular flexibility index (Phi) is 4.10. The Bertz CT molecular complexity index is 1460. The first-order valence-electron chi connectivity index (χ1n) is 10.1. The van der Waals surface area contributed by atoms with Gasteiger partial charge in [-0.1, -0.05) is 18.2 Å². The molecular formula is C23H18FN7. The van der Waals surface area contributed by atoms with Crippen LogP contribution in [0, 0.1) is 5.82 Å². The molecule has 0 bridgehead atoms. The molecule has 4 aromatic heterocycles. The minimum atomic E-state index is -0.330. The largest absolute Gasteiger partial charge is 0.336 e. The number of aromatic nitrogens is 6. The van der Waals surface area contributed by atoms with Gasteiger partial charge in [-0.15, -0.1) is 0 Å². The van der Waals surface area contributed by atoms with E-state index in [1.807, 2.05) is 6.07 Å². The molecule has 0 fully saturated rings. The summed E-state index contributed by atoms with van der Waals surface area (Å²) in [5.41, 5.74) is 6.00. The molecule has 1 aromatic carbocycles. The van der Waals surface area contributed by atoms with Gasteiger partial charge >= 0.3 is 0 Å². The van der Waals surface area contributed by atoms with E-state index in [1.54, 1.807) is 30.6 Å². The molecule has 5 heterocycles. The van der Waals surface area contributed by atoms with Crippen molar-refractivity contribution in [3.63, 3.8) is 0 Å². The van der Waals surface area contributed by atoms with Crippen molar-refractivity contribution in [2.45, 2.75) is 6.42 Å². The van der Waals surface area contributed by atoms with Crippen LogP contribution >= 0.6 is 0 Å². The number of nitrogens with one attached hydrogen (secondary N) is 3. The molecule has 3 N–H and O–H groups in total. The summed E-state index contributed by atoms with van der Waals surface area (Å²) in [6.07, 6.45) is 6.57. The van der Waals surface area contributed by atoms with Crippen molar-refractivity contribution in [1.29, 1.82) is 0 Å². The second-order valence-electron chi connectivity index (χ2n) is 7.49. The monoisotopic (exact) mass is 411 g/mol. The number of halogens is 1. The highest BCUT2D eigenvalue weighted by Crippen LogP contribution is 2.32. The van der Waals surface area contributed by atoms with Gasteiger partial charge in [0, 0.05) is 23.7 Å². The second-order valence-corrected chi connectivity index (χ2v) is 7.49. The predicted octanol–water partition coefficient (Wildman–Crippen LogP) is 4.08. The van der Waals surface area contributed by atoms with Gasteiger partial charge in [0.1, 0.15) is 22.7 Å². The number of hydrogen-bond donors (Lipinski definition) is 3. The predicted molar refractivity (Wildman–Crippen MR) is 118 cm³/mol. The normalized spacial score (nSPS) is 14.3. The van der Waals surface area contributed by atoms with Crippen LogP contribution < -0.4 is 5.32 Å². The Hall–Kier alpha value is -3.91. The Balaban J connectivity index is 1.50. The lowest BCUT2D eigenvalue weighted by molar-refractivity contribution is 0.631. The SMILES string of the molecule is Fc1ccccc1-c1nccc2[nH]c(-c3n[nH]c4cnc(C5=CCNCC5)cc34)nc12. The Morgan fingerprint density at radius 3 is 2.81 bits per heavy atom. The average Bonchev–Trinajstić information content (AvgIpc) is 3.43. The molecule has 5 aromatic rings. The lowest BCUT2D eigenvalue weighted by atomic mass is 10.0. The van der Waals surface area contributed by atoms with Gasteiger partial charge < -0.3 is 10.3 Å². The highest BCUT2D eigenvalue weighted by Gasteiger charge is 2.18. The standard InChI is InChI=1S/C23H18FN7/c24-16-4-2-1-3-14(16)20-22-17(7-10-26-20)28-23(29-22)21-15-11-18(13-5-8-25-9-6-13)27-12-19(15)30-31-21/h1-5,7,10-12,25H,6,8-9H2,(H,28,29)(H,30,31). The van der Waals surface area contributed by atoms with Gasteiger partial charge in [0.15, 0.2) is 5.82 Å². The summed E-state index contributed by atoms with van der Waals surface area (Å²) >= 11 is 0.